The summed E-state index contributed by atoms with van der Waals surface area (Å²) < 4.78 is 44.3. The van der Waals surface area contributed by atoms with Crippen LogP contribution in [-0.2, 0) is 57.1 Å². The number of fused-ring (bicyclic) bond motifs is 27. The molecular formula is C50H60O14. The van der Waals surface area contributed by atoms with Gasteiger partial charge in [-0.1, -0.05) is 6.92 Å². The van der Waals surface area contributed by atoms with Crippen LogP contribution in [0.15, 0.2) is 33.4 Å². The Bertz CT molecular complexity index is 2250. The van der Waals surface area contributed by atoms with Crippen molar-refractivity contribution in [2.75, 3.05) is 13.2 Å². The van der Waals surface area contributed by atoms with Gasteiger partial charge in [-0.3, -0.25) is 24.0 Å². The Kier molecular flexibility index (Phi) is 8.82. The fourth-order valence-electron chi connectivity index (χ4n) is 17.4. The highest BCUT2D eigenvalue weighted by Crippen LogP contribution is 2.70. The maximum atomic E-state index is 13.6. The Morgan fingerprint density at radius 1 is 0.656 bits per heavy atom. The highest BCUT2D eigenvalue weighted by molar-refractivity contribution is 5.96. The quantitative estimate of drug-likeness (QED) is 0.128. The van der Waals surface area contributed by atoms with E-state index in [9.17, 15) is 34.2 Å². The highest BCUT2D eigenvalue weighted by atomic mass is 16.6. The zero-order valence-corrected chi connectivity index (χ0v) is 37.1. The van der Waals surface area contributed by atoms with Crippen molar-refractivity contribution in [2.45, 2.75) is 140 Å². The minimum atomic E-state index is -0.864. The summed E-state index contributed by atoms with van der Waals surface area (Å²) in [5.41, 5.74) is 6.65. The first-order chi connectivity index (χ1) is 30.6. The first-order valence-corrected chi connectivity index (χ1v) is 24.3. The van der Waals surface area contributed by atoms with E-state index >= 15 is 0 Å². The summed E-state index contributed by atoms with van der Waals surface area (Å²) in [5.74, 6) is -2.55. The zero-order valence-electron chi connectivity index (χ0n) is 37.1. The number of hydrogen-bond donors (Lipinski definition) is 2. The van der Waals surface area contributed by atoms with Crippen LogP contribution in [0.25, 0.3) is 0 Å². The van der Waals surface area contributed by atoms with Gasteiger partial charge in [-0.2, -0.15) is 0 Å². The Labute approximate surface area is 372 Å². The molecule has 0 aromatic carbocycles. The monoisotopic (exact) mass is 884 g/mol. The molecule has 23 unspecified atom stereocenters. The predicted octanol–water partition coefficient (Wildman–Crippen LogP) is 4.50. The lowest BCUT2D eigenvalue weighted by Crippen LogP contribution is -2.44. The fourth-order valence-corrected chi connectivity index (χ4v) is 17.4. The molecule has 13 aliphatic rings. The van der Waals surface area contributed by atoms with Gasteiger partial charge in [0.1, 0.15) is 12.2 Å². The van der Waals surface area contributed by atoms with Crippen LogP contribution in [-0.4, -0.2) is 108 Å². The Morgan fingerprint density at radius 3 is 1.84 bits per heavy atom. The van der Waals surface area contributed by atoms with Gasteiger partial charge >= 0.3 is 29.8 Å². The number of esters is 4. The molecule has 0 amide bonds. The summed E-state index contributed by atoms with van der Waals surface area (Å²) in [5, 5.41) is 19.6. The van der Waals surface area contributed by atoms with Gasteiger partial charge in [-0.25, -0.2) is 0 Å². The lowest BCUT2D eigenvalue weighted by molar-refractivity contribution is -0.163. The van der Waals surface area contributed by atoms with Gasteiger partial charge in [-0.05, 0) is 160 Å². The molecule has 9 heterocycles. The van der Waals surface area contributed by atoms with Gasteiger partial charge in [0.15, 0.2) is 0 Å². The molecule has 23 atom stereocenters. The van der Waals surface area contributed by atoms with E-state index < -0.39 is 53.5 Å². The van der Waals surface area contributed by atoms with E-state index in [1.165, 1.54) is 22.3 Å². The van der Waals surface area contributed by atoms with Crippen LogP contribution in [0.2, 0.25) is 0 Å². The summed E-state index contributed by atoms with van der Waals surface area (Å²) in [6.45, 7) is 9.56. The van der Waals surface area contributed by atoms with Crippen molar-refractivity contribution in [1.82, 2.24) is 0 Å². The average molecular weight is 885 g/mol. The molecule has 64 heavy (non-hydrogen) atoms. The molecule has 0 aromatic rings. The molecule has 0 radical (unpaired) electrons. The highest BCUT2D eigenvalue weighted by Gasteiger charge is 2.72. The van der Waals surface area contributed by atoms with Crippen molar-refractivity contribution in [1.29, 1.82) is 0 Å². The standard InChI is InChI=1S/C50H60O14/c1-16-20(39-34-23-8-18(32(34)38(16)60-39)11-29(23)49(57)64-50(3,4)5)12-24-26(41-35-22-9-19(33(35)40(24)61-41)10-28(22)47(55)58-7-6-51)14-27-25(13-21-17(2)46(54)63-48(21)56)43-37-36(42(27)62-43)31-15-30(45(52)53)44(37)59-31/h17-19,21-23,28-44,51H,6-15H2,1-5H3,(H,52,53). The van der Waals surface area contributed by atoms with Crippen molar-refractivity contribution in [3.8, 4) is 0 Å². The van der Waals surface area contributed by atoms with E-state index in [0.29, 0.717) is 43.4 Å². The number of aliphatic carboxylic acids is 1. The SMILES string of the molecule is CC1=C(CC2=C(CC3=C(CC4C(=O)OC(=O)C4C)C4OC3C3C5CC(C(=O)O)C(O5)C43)C3OC2C2C4CC(C(=O)OCCO)C(C4)C32)C2OC1C1C3CC(C(=O)OC(C)(C)C)C(C3)C21. The van der Waals surface area contributed by atoms with Crippen LogP contribution in [0.3, 0.4) is 0 Å². The van der Waals surface area contributed by atoms with E-state index in [1.54, 1.807) is 6.92 Å². The molecule has 2 N–H and O–H groups in total. The Balaban J connectivity index is 0.877. The summed E-state index contributed by atoms with van der Waals surface area (Å²) in [6.07, 6.45) is 3.71. The van der Waals surface area contributed by atoms with Gasteiger partial charge in [0, 0.05) is 11.8 Å². The topological polar surface area (TPSA) is 190 Å². The van der Waals surface area contributed by atoms with Crippen LogP contribution in [0, 0.1) is 88.8 Å². The smallest absolute Gasteiger partial charge is 0.317 e. The van der Waals surface area contributed by atoms with E-state index in [2.05, 4.69) is 6.92 Å². The normalized spacial score (nSPS) is 50.2. The second-order valence-corrected chi connectivity index (χ2v) is 23.1. The van der Waals surface area contributed by atoms with Crippen LogP contribution in [0.5, 0.6) is 0 Å². The van der Waals surface area contributed by atoms with Crippen molar-refractivity contribution in [3.63, 3.8) is 0 Å². The van der Waals surface area contributed by atoms with Crippen molar-refractivity contribution in [2.24, 2.45) is 88.8 Å². The van der Waals surface area contributed by atoms with Crippen LogP contribution in [0.1, 0.15) is 86.0 Å². The predicted molar refractivity (Wildman–Crippen MR) is 219 cm³/mol. The number of carbonyl (C=O) groups is 5. The number of aliphatic hydroxyl groups excluding tert-OH is 1. The Morgan fingerprint density at radius 2 is 1.22 bits per heavy atom. The second kappa shape index (κ2) is 13.8. The van der Waals surface area contributed by atoms with Crippen molar-refractivity contribution >= 4 is 29.8 Å². The average Bonchev–Trinajstić information content (AvgIpc) is 4.07. The van der Waals surface area contributed by atoms with Crippen LogP contribution >= 0.6 is 0 Å². The lowest BCUT2D eigenvalue weighted by Gasteiger charge is -2.40. The summed E-state index contributed by atoms with van der Waals surface area (Å²) in [6, 6.07) is 0. The number of rotatable bonds is 11. The van der Waals surface area contributed by atoms with Gasteiger partial charge in [0.2, 0.25) is 0 Å². The molecule has 6 saturated heterocycles. The number of carboxylic acid groups (broad SMARTS) is 1. The molecule has 4 saturated carbocycles. The van der Waals surface area contributed by atoms with Crippen LogP contribution in [0.4, 0.5) is 0 Å². The molecule has 0 aromatic heterocycles. The number of carbonyl (C=O) groups excluding carboxylic acids is 4. The molecule has 13 rings (SSSR count). The molecule has 9 aliphatic heterocycles. The Hall–Kier alpha value is -3.43. The molecule has 4 aliphatic carbocycles. The van der Waals surface area contributed by atoms with E-state index in [0.717, 1.165) is 36.8 Å². The van der Waals surface area contributed by atoms with E-state index in [-0.39, 0.29) is 115 Å². The maximum absolute atomic E-state index is 13.6. The lowest BCUT2D eigenvalue weighted by atomic mass is 9.61. The molecule has 0 spiro atoms. The molecule has 14 nitrogen and oxygen atoms in total. The summed E-state index contributed by atoms with van der Waals surface area (Å²) in [7, 11) is 0. The number of hydrogen-bond acceptors (Lipinski definition) is 13. The minimum Gasteiger partial charge on any atom is -0.481 e. The third-order valence-electron chi connectivity index (χ3n) is 19.5. The number of aliphatic hydroxyl groups is 1. The summed E-state index contributed by atoms with van der Waals surface area (Å²) >= 11 is 0. The molecule has 10 fully saturated rings. The van der Waals surface area contributed by atoms with Gasteiger partial charge < -0.3 is 43.4 Å². The van der Waals surface area contributed by atoms with Crippen molar-refractivity contribution in [3.05, 3.63) is 33.4 Å². The molecule has 344 valence electrons. The van der Waals surface area contributed by atoms with Crippen LogP contribution < -0.4 is 0 Å². The fraction of sp³-hybridized carbons (Fsp3) is 0.780. The molecular weight excluding hydrogens is 825 g/mol. The van der Waals surface area contributed by atoms with Crippen molar-refractivity contribution < 1.29 is 67.3 Å². The molecule has 12 bridgehead atoms. The number of carboxylic acids is 1. The van der Waals surface area contributed by atoms with Gasteiger partial charge in [0.05, 0.1) is 85.0 Å². The number of ether oxygens (including phenoxy) is 7. The first-order valence-electron chi connectivity index (χ1n) is 24.3. The third kappa shape index (κ3) is 5.40. The third-order valence-corrected chi connectivity index (χ3v) is 19.5. The van der Waals surface area contributed by atoms with E-state index in [1.807, 2.05) is 20.8 Å². The minimum absolute atomic E-state index is 0.0139. The maximum Gasteiger partial charge on any atom is 0.317 e. The number of cyclic esters (lactones) is 2. The second-order valence-electron chi connectivity index (χ2n) is 23.1. The first kappa shape index (κ1) is 40.8. The van der Waals surface area contributed by atoms with Gasteiger partial charge in [-0.15, -0.1) is 0 Å². The van der Waals surface area contributed by atoms with Gasteiger partial charge in [0.25, 0.3) is 0 Å². The summed E-state index contributed by atoms with van der Waals surface area (Å²) in [4.78, 5) is 65.4. The molecule has 14 heteroatoms. The zero-order chi connectivity index (χ0) is 44.2. The van der Waals surface area contributed by atoms with E-state index in [4.69, 9.17) is 33.2 Å². The largest absolute Gasteiger partial charge is 0.481 e.